The number of ether oxygens (including phenoxy) is 2. The fourth-order valence-electron chi connectivity index (χ4n) is 2.37. The van der Waals surface area contributed by atoms with Crippen molar-refractivity contribution in [3.05, 3.63) is 29.8 Å². The molecule has 1 unspecified atom stereocenters. The number of methoxy groups -OCH3 is 1. The van der Waals surface area contributed by atoms with Crippen molar-refractivity contribution in [1.29, 1.82) is 0 Å². The molecule has 1 atom stereocenters. The molecule has 0 saturated heterocycles. The predicted octanol–water partition coefficient (Wildman–Crippen LogP) is 5.95. The van der Waals surface area contributed by atoms with Crippen LogP contribution < -0.4 is 4.74 Å². The van der Waals surface area contributed by atoms with E-state index >= 15 is 0 Å². The zero-order valence-corrected chi connectivity index (χ0v) is 14.6. The lowest BCUT2D eigenvalue weighted by atomic mass is 9.83. The Morgan fingerprint density at radius 3 is 2.00 bits per heavy atom. The molecular formula is C17H21F7O2. The zero-order chi connectivity index (χ0) is 20.2. The zero-order valence-electron chi connectivity index (χ0n) is 14.6. The van der Waals surface area contributed by atoms with E-state index in [4.69, 9.17) is 9.47 Å². The van der Waals surface area contributed by atoms with Gasteiger partial charge in [0.25, 0.3) is 0 Å². The summed E-state index contributed by atoms with van der Waals surface area (Å²) in [5, 5.41) is 0. The average molecular weight is 390 g/mol. The van der Waals surface area contributed by atoms with Gasteiger partial charge in [0.15, 0.2) is 0 Å². The third-order valence-electron chi connectivity index (χ3n) is 4.14. The molecule has 2 nitrogen and oxygen atoms in total. The van der Waals surface area contributed by atoms with Crippen molar-refractivity contribution in [3.63, 3.8) is 0 Å². The Labute approximate surface area is 147 Å². The highest BCUT2D eigenvalue weighted by molar-refractivity contribution is 5.33. The molecule has 0 aliphatic carbocycles. The van der Waals surface area contributed by atoms with Crippen LogP contribution in [0.5, 0.6) is 5.75 Å². The number of alkyl halides is 7. The molecule has 1 rings (SSSR count). The Bertz CT molecular complexity index is 569. The van der Waals surface area contributed by atoms with Gasteiger partial charge in [0.05, 0.1) is 12.2 Å². The first kappa shape index (κ1) is 22.5. The van der Waals surface area contributed by atoms with Crippen LogP contribution in [0.1, 0.15) is 38.7 Å². The lowest BCUT2D eigenvalue weighted by Gasteiger charge is -2.38. The summed E-state index contributed by atoms with van der Waals surface area (Å²) in [6.45, 7) is 3.24. The van der Waals surface area contributed by atoms with Gasteiger partial charge in [0.1, 0.15) is 5.75 Å². The molecule has 0 aliphatic heterocycles. The van der Waals surface area contributed by atoms with Crippen molar-refractivity contribution in [2.24, 2.45) is 0 Å². The van der Waals surface area contributed by atoms with E-state index in [2.05, 4.69) is 0 Å². The van der Waals surface area contributed by atoms with E-state index in [0.29, 0.717) is 6.61 Å². The molecule has 26 heavy (non-hydrogen) atoms. The Kier molecular flexibility index (Phi) is 6.95. The smallest absolute Gasteiger partial charge is 0.431 e. The number of hydrogen-bond donors (Lipinski definition) is 0. The fraction of sp³-hybridized carbons (Fsp3) is 0.647. The molecule has 0 heterocycles. The van der Waals surface area contributed by atoms with Crippen molar-refractivity contribution < 1.29 is 40.2 Å². The summed E-state index contributed by atoms with van der Waals surface area (Å²) in [5.74, 6) is 0.253. The number of unbranched alkanes of at least 4 members (excludes halogenated alkanes) is 1. The average Bonchev–Trinajstić information content (AvgIpc) is 2.53. The second-order valence-electron chi connectivity index (χ2n) is 6.14. The second kappa shape index (κ2) is 8.02. The number of rotatable bonds is 8. The Hall–Kier alpha value is -1.51. The lowest BCUT2D eigenvalue weighted by Crippen LogP contribution is -2.56. The third kappa shape index (κ3) is 4.81. The first-order valence-electron chi connectivity index (χ1n) is 7.91. The van der Waals surface area contributed by atoms with Gasteiger partial charge in [0, 0.05) is 13.5 Å². The van der Waals surface area contributed by atoms with Crippen molar-refractivity contribution >= 4 is 0 Å². The topological polar surface area (TPSA) is 18.5 Å². The van der Waals surface area contributed by atoms with Gasteiger partial charge in [-0.1, -0.05) is 25.5 Å². The van der Waals surface area contributed by atoms with Gasteiger partial charge in [-0.3, -0.25) is 0 Å². The Balaban J connectivity index is 3.24. The third-order valence-corrected chi connectivity index (χ3v) is 4.14. The summed E-state index contributed by atoms with van der Waals surface area (Å²) in [4.78, 5) is 0. The first-order valence-corrected chi connectivity index (χ1v) is 7.91. The molecule has 9 heteroatoms. The summed E-state index contributed by atoms with van der Waals surface area (Å²) in [6.07, 6.45) is -12.7. The molecule has 0 spiro atoms. The molecule has 0 bridgehead atoms. The molecule has 0 radical (unpaired) electrons. The van der Waals surface area contributed by atoms with Crippen LogP contribution in [0, 0.1) is 0 Å². The predicted molar refractivity (Wildman–Crippen MR) is 81.8 cm³/mol. The summed E-state index contributed by atoms with van der Waals surface area (Å²) >= 11 is 0. The lowest BCUT2D eigenvalue weighted by molar-refractivity contribution is -0.353. The van der Waals surface area contributed by atoms with Crippen LogP contribution in [0.15, 0.2) is 24.3 Å². The van der Waals surface area contributed by atoms with Gasteiger partial charge in [-0.05, 0) is 31.0 Å². The van der Waals surface area contributed by atoms with E-state index < -0.39 is 30.0 Å². The summed E-state index contributed by atoms with van der Waals surface area (Å²) in [5.41, 5.74) is -7.64. The fourth-order valence-corrected chi connectivity index (χ4v) is 2.37. The number of benzene rings is 1. The maximum atomic E-state index is 14.2. The molecule has 0 amide bonds. The maximum Gasteiger partial charge on any atom is 0.431 e. The molecule has 150 valence electrons. The number of halogens is 7. The van der Waals surface area contributed by atoms with Gasteiger partial charge in [-0.2, -0.15) is 26.3 Å². The number of hydrogen-bond acceptors (Lipinski definition) is 2. The minimum Gasteiger partial charge on any atom is -0.494 e. The van der Waals surface area contributed by atoms with E-state index in [1.54, 1.807) is 0 Å². The minimum absolute atomic E-state index is 0.0514. The summed E-state index contributed by atoms with van der Waals surface area (Å²) in [6, 6.07) is 5.43. The van der Waals surface area contributed by atoms with Gasteiger partial charge in [-0.25, -0.2) is 4.39 Å². The highest BCUT2D eigenvalue weighted by Crippen LogP contribution is 2.52. The Morgan fingerprint density at radius 2 is 1.54 bits per heavy atom. The van der Waals surface area contributed by atoms with E-state index in [9.17, 15) is 30.7 Å². The van der Waals surface area contributed by atoms with Crippen molar-refractivity contribution in [2.75, 3.05) is 13.7 Å². The van der Waals surface area contributed by atoms with Gasteiger partial charge < -0.3 is 9.47 Å². The van der Waals surface area contributed by atoms with E-state index in [0.717, 1.165) is 26.9 Å². The highest BCUT2D eigenvalue weighted by atomic mass is 19.4. The maximum absolute atomic E-state index is 14.2. The molecule has 0 aromatic heterocycles. The van der Waals surface area contributed by atoms with Crippen molar-refractivity contribution in [1.82, 2.24) is 0 Å². The second-order valence-corrected chi connectivity index (χ2v) is 6.14. The molecule has 0 N–H and O–H groups in total. The van der Waals surface area contributed by atoms with Crippen molar-refractivity contribution in [2.45, 2.75) is 56.7 Å². The first-order chi connectivity index (χ1) is 11.8. The minimum atomic E-state index is -6.14. The van der Waals surface area contributed by atoms with E-state index in [1.165, 1.54) is 24.3 Å². The van der Waals surface area contributed by atoms with Gasteiger partial charge in [0.2, 0.25) is 0 Å². The van der Waals surface area contributed by atoms with Crippen LogP contribution in [0.2, 0.25) is 0 Å². The normalized spacial score (nSPS) is 15.6. The quantitative estimate of drug-likeness (QED) is 0.403. The summed E-state index contributed by atoms with van der Waals surface area (Å²) < 4.78 is 102. The monoisotopic (exact) mass is 390 g/mol. The molecule has 1 aromatic rings. The van der Waals surface area contributed by atoms with Crippen LogP contribution in [0.3, 0.4) is 0 Å². The summed E-state index contributed by atoms with van der Waals surface area (Å²) in [7, 11) is 0.928. The largest absolute Gasteiger partial charge is 0.494 e. The Morgan fingerprint density at radius 1 is 0.962 bits per heavy atom. The van der Waals surface area contributed by atoms with E-state index in [-0.39, 0.29) is 11.3 Å². The molecule has 0 saturated carbocycles. The molecule has 0 aliphatic rings. The van der Waals surface area contributed by atoms with Crippen LogP contribution in [-0.2, 0) is 10.3 Å². The van der Waals surface area contributed by atoms with Crippen LogP contribution >= 0.6 is 0 Å². The van der Waals surface area contributed by atoms with Gasteiger partial charge in [-0.15, -0.1) is 0 Å². The van der Waals surface area contributed by atoms with E-state index in [1.807, 2.05) is 6.92 Å². The molecule has 0 fully saturated rings. The highest BCUT2D eigenvalue weighted by Gasteiger charge is 2.74. The molecular weight excluding hydrogens is 369 g/mol. The van der Waals surface area contributed by atoms with Crippen LogP contribution in [-0.4, -0.2) is 31.7 Å². The SMILES string of the molecule is CCCCOc1cccc(C(C)(CC(F)(C(F)(F)F)C(F)(F)F)OC)c1. The van der Waals surface area contributed by atoms with Crippen LogP contribution in [0.25, 0.3) is 0 Å². The molecule has 1 aromatic carbocycles. The van der Waals surface area contributed by atoms with Crippen molar-refractivity contribution in [3.8, 4) is 5.75 Å². The standard InChI is InChI=1S/C17H21F7O2/c1-4-5-9-26-13-8-6-7-12(10-13)14(2,25-3)11-15(18,16(19,20)21)17(22,23)24/h6-8,10H,4-5,9,11H2,1-3H3. The van der Waals surface area contributed by atoms with Crippen LogP contribution in [0.4, 0.5) is 30.7 Å². The van der Waals surface area contributed by atoms with Gasteiger partial charge >= 0.3 is 18.0 Å².